The average Bonchev–Trinajstić information content (AvgIpc) is 3.11. The molecule has 28 heavy (non-hydrogen) atoms. The summed E-state index contributed by atoms with van der Waals surface area (Å²) in [5.41, 5.74) is 4.67. The van der Waals surface area contributed by atoms with Crippen molar-refractivity contribution in [3.8, 4) is 17.2 Å². The van der Waals surface area contributed by atoms with E-state index in [-0.39, 0.29) is 5.82 Å². The number of hydrazone groups is 1. The molecule has 3 aromatic rings. The van der Waals surface area contributed by atoms with Crippen molar-refractivity contribution in [1.82, 2.24) is 25.0 Å². The molecule has 10 nitrogen and oxygen atoms in total. The lowest BCUT2D eigenvalue weighted by Gasteiger charge is -2.12. The maximum absolute atomic E-state index is 12.3. The van der Waals surface area contributed by atoms with Crippen LogP contribution in [0.5, 0.6) is 17.2 Å². The second-order valence-corrected chi connectivity index (χ2v) is 5.84. The Morgan fingerprint density at radius 3 is 2.36 bits per heavy atom. The Morgan fingerprint density at radius 2 is 1.75 bits per heavy atom. The molecule has 0 aliphatic rings. The summed E-state index contributed by atoms with van der Waals surface area (Å²) in [5.74, 6) is 1.21. The van der Waals surface area contributed by atoms with Crippen LogP contribution in [0.4, 0.5) is 0 Å². The highest BCUT2D eigenvalue weighted by molar-refractivity contribution is 5.92. The van der Waals surface area contributed by atoms with Crippen LogP contribution in [-0.2, 0) is 0 Å². The number of aryl methyl sites for hydroxylation is 2. The van der Waals surface area contributed by atoms with Gasteiger partial charge >= 0.3 is 5.91 Å². The third kappa shape index (κ3) is 3.70. The van der Waals surface area contributed by atoms with Gasteiger partial charge < -0.3 is 14.2 Å². The zero-order chi connectivity index (χ0) is 20.3. The molecule has 0 aliphatic heterocycles. The van der Waals surface area contributed by atoms with Gasteiger partial charge in [-0.3, -0.25) is 4.79 Å². The van der Waals surface area contributed by atoms with Gasteiger partial charge in [-0.05, 0) is 32.0 Å². The van der Waals surface area contributed by atoms with Crippen molar-refractivity contribution in [2.75, 3.05) is 21.3 Å². The van der Waals surface area contributed by atoms with Crippen molar-refractivity contribution in [2.24, 2.45) is 5.10 Å². The maximum atomic E-state index is 12.3. The highest BCUT2D eigenvalue weighted by Crippen LogP contribution is 2.37. The Labute approximate surface area is 161 Å². The molecule has 10 heteroatoms. The summed E-state index contributed by atoms with van der Waals surface area (Å²) >= 11 is 0. The predicted molar refractivity (Wildman–Crippen MR) is 101 cm³/mol. The minimum absolute atomic E-state index is 0.0248. The molecular formula is C18H20N6O4. The molecule has 1 amide bonds. The number of rotatable bonds is 6. The van der Waals surface area contributed by atoms with Gasteiger partial charge in [0.05, 0.1) is 27.5 Å². The number of nitrogens with zero attached hydrogens (tertiary/aromatic N) is 5. The van der Waals surface area contributed by atoms with E-state index >= 15 is 0 Å². The van der Waals surface area contributed by atoms with Crippen molar-refractivity contribution in [2.45, 2.75) is 13.8 Å². The molecule has 0 saturated carbocycles. The Morgan fingerprint density at radius 1 is 1.07 bits per heavy atom. The Kier molecular flexibility index (Phi) is 5.39. The van der Waals surface area contributed by atoms with Crippen LogP contribution in [0, 0.1) is 13.8 Å². The Hall–Kier alpha value is -3.69. The van der Waals surface area contributed by atoms with E-state index in [4.69, 9.17) is 14.2 Å². The van der Waals surface area contributed by atoms with Crippen molar-refractivity contribution < 1.29 is 19.0 Å². The average molecular weight is 384 g/mol. The minimum Gasteiger partial charge on any atom is -0.493 e. The van der Waals surface area contributed by atoms with Crippen LogP contribution >= 0.6 is 0 Å². The van der Waals surface area contributed by atoms with Crippen molar-refractivity contribution in [3.63, 3.8) is 0 Å². The SMILES string of the molecule is COc1cc(/C=N/NC(=O)c2nc3nc(C)cc(C)n3n2)cc(OC)c1OC. The predicted octanol–water partition coefficient (Wildman–Crippen LogP) is 1.53. The number of benzene rings is 1. The molecular weight excluding hydrogens is 364 g/mol. The molecule has 3 rings (SSSR count). The summed E-state index contributed by atoms with van der Waals surface area (Å²) < 4.78 is 17.4. The number of hydrogen-bond acceptors (Lipinski definition) is 8. The highest BCUT2D eigenvalue weighted by atomic mass is 16.5. The quantitative estimate of drug-likeness (QED) is 0.506. The molecule has 0 radical (unpaired) electrons. The Balaban J connectivity index is 1.79. The van der Waals surface area contributed by atoms with Gasteiger partial charge in [0.25, 0.3) is 5.78 Å². The standard InChI is InChI=1S/C18H20N6O4/c1-10-6-11(2)24-18(20-10)21-16(23-24)17(25)22-19-9-12-7-13(26-3)15(28-5)14(8-12)27-4/h6-9H,1-5H3,(H,22,25)/b19-9+. The van der Waals surface area contributed by atoms with Gasteiger partial charge in [-0.1, -0.05) is 0 Å². The lowest BCUT2D eigenvalue weighted by atomic mass is 10.2. The van der Waals surface area contributed by atoms with Crippen LogP contribution in [0.3, 0.4) is 0 Å². The van der Waals surface area contributed by atoms with E-state index in [0.717, 1.165) is 11.4 Å². The molecule has 2 heterocycles. The van der Waals surface area contributed by atoms with Crippen LogP contribution in [0.1, 0.15) is 27.6 Å². The molecule has 2 aromatic heterocycles. The number of hydrogen-bond donors (Lipinski definition) is 1. The van der Waals surface area contributed by atoms with Gasteiger partial charge in [0, 0.05) is 17.0 Å². The van der Waals surface area contributed by atoms with E-state index in [1.807, 2.05) is 19.9 Å². The minimum atomic E-state index is -0.550. The van der Waals surface area contributed by atoms with E-state index in [2.05, 4.69) is 25.6 Å². The molecule has 0 fully saturated rings. The number of aromatic nitrogens is 4. The van der Waals surface area contributed by atoms with Crippen molar-refractivity contribution in [1.29, 1.82) is 0 Å². The number of carbonyl (C=O) groups is 1. The summed E-state index contributed by atoms with van der Waals surface area (Å²) in [6.45, 7) is 3.71. The molecule has 1 N–H and O–H groups in total. The lowest BCUT2D eigenvalue weighted by molar-refractivity contribution is 0.0945. The van der Waals surface area contributed by atoms with Gasteiger partial charge in [-0.25, -0.2) is 14.9 Å². The Bertz CT molecular complexity index is 1030. The third-order valence-corrected chi connectivity index (χ3v) is 3.89. The maximum Gasteiger partial charge on any atom is 0.311 e. The molecule has 1 aromatic carbocycles. The zero-order valence-corrected chi connectivity index (χ0v) is 16.2. The molecule has 0 unspecified atom stereocenters. The van der Waals surface area contributed by atoms with Crippen molar-refractivity contribution in [3.05, 3.63) is 41.0 Å². The van der Waals surface area contributed by atoms with Gasteiger partial charge in [-0.2, -0.15) is 10.1 Å². The van der Waals surface area contributed by atoms with E-state index in [9.17, 15) is 4.79 Å². The number of carbonyl (C=O) groups excluding carboxylic acids is 1. The first kappa shape index (κ1) is 19.1. The third-order valence-electron chi connectivity index (χ3n) is 3.89. The first-order valence-corrected chi connectivity index (χ1v) is 8.31. The lowest BCUT2D eigenvalue weighted by Crippen LogP contribution is -2.19. The smallest absolute Gasteiger partial charge is 0.311 e. The van der Waals surface area contributed by atoms with Crippen LogP contribution in [0.25, 0.3) is 5.78 Å². The largest absolute Gasteiger partial charge is 0.493 e. The second-order valence-electron chi connectivity index (χ2n) is 5.84. The van der Waals surface area contributed by atoms with Crippen LogP contribution in [-0.4, -0.2) is 53.0 Å². The summed E-state index contributed by atoms with van der Waals surface area (Å²) in [6, 6.07) is 5.26. The fourth-order valence-corrected chi connectivity index (χ4v) is 2.65. The molecule has 0 saturated heterocycles. The molecule has 0 atom stereocenters. The van der Waals surface area contributed by atoms with Gasteiger partial charge in [-0.15, -0.1) is 5.10 Å². The number of fused-ring (bicyclic) bond motifs is 1. The molecule has 146 valence electrons. The van der Waals surface area contributed by atoms with Crippen LogP contribution < -0.4 is 19.6 Å². The first-order valence-electron chi connectivity index (χ1n) is 8.31. The number of methoxy groups -OCH3 is 3. The normalized spacial score (nSPS) is 11.0. The van der Waals surface area contributed by atoms with Gasteiger partial charge in [0.2, 0.25) is 11.6 Å². The van der Waals surface area contributed by atoms with E-state index in [1.54, 1.807) is 12.1 Å². The summed E-state index contributed by atoms with van der Waals surface area (Å²) in [6.07, 6.45) is 1.45. The molecule has 0 aliphatic carbocycles. The zero-order valence-electron chi connectivity index (χ0n) is 16.2. The fourth-order valence-electron chi connectivity index (χ4n) is 2.65. The number of ether oxygens (including phenoxy) is 3. The van der Waals surface area contributed by atoms with Crippen LogP contribution in [0.15, 0.2) is 23.3 Å². The van der Waals surface area contributed by atoms with Crippen molar-refractivity contribution >= 4 is 17.9 Å². The summed E-state index contributed by atoms with van der Waals surface area (Å²) in [5, 5.41) is 8.11. The van der Waals surface area contributed by atoms with Gasteiger partial charge in [0.1, 0.15) is 0 Å². The van der Waals surface area contributed by atoms with E-state index in [1.165, 1.54) is 32.1 Å². The summed E-state index contributed by atoms with van der Waals surface area (Å²) in [4.78, 5) is 20.7. The second kappa shape index (κ2) is 7.91. The summed E-state index contributed by atoms with van der Waals surface area (Å²) in [7, 11) is 4.56. The first-order chi connectivity index (χ1) is 13.5. The van der Waals surface area contributed by atoms with Crippen LogP contribution in [0.2, 0.25) is 0 Å². The number of amides is 1. The molecule has 0 spiro atoms. The topological polar surface area (TPSA) is 112 Å². The highest BCUT2D eigenvalue weighted by Gasteiger charge is 2.15. The van der Waals surface area contributed by atoms with E-state index < -0.39 is 5.91 Å². The van der Waals surface area contributed by atoms with Gasteiger partial charge in [0.15, 0.2) is 11.5 Å². The molecule has 0 bridgehead atoms. The van der Waals surface area contributed by atoms with E-state index in [0.29, 0.717) is 28.6 Å². The number of nitrogens with one attached hydrogen (secondary N) is 1. The monoisotopic (exact) mass is 384 g/mol. The fraction of sp³-hybridized carbons (Fsp3) is 0.278.